The number of carbonyl (C=O) groups is 1. The minimum atomic E-state index is 0.0220. The van der Waals surface area contributed by atoms with Gasteiger partial charge >= 0.3 is 0 Å². The molecule has 8 heteroatoms. The maximum atomic E-state index is 12.5. The van der Waals surface area contributed by atoms with Gasteiger partial charge in [-0.05, 0) is 63.3 Å². The number of hydrogen-bond donors (Lipinski definition) is 1. The third-order valence-corrected chi connectivity index (χ3v) is 6.05. The van der Waals surface area contributed by atoms with Crippen LogP contribution in [0, 0.1) is 13.8 Å². The van der Waals surface area contributed by atoms with Gasteiger partial charge in [0.15, 0.2) is 5.82 Å². The second-order valence-electron chi connectivity index (χ2n) is 8.34. The Balaban J connectivity index is 1.36. The van der Waals surface area contributed by atoms with Gasteiger partial charge in [0.1, 0.15) is 17.9 Å². The summed E-state index contributed by atoms with van der Waals surface area (Å²) in [5, 5.41) is 7.71. The molecule has 1 aromatic carbocycles. The van der Waals surface area contributed by atoms with Crippen molar-refractivity contribution in [2.45, 2.75) is 53.0 Å². The first-order chi connectivity index (χ1) is 16.0. The predicted octanol–water partition coefficient (Wildman–Crippen LogP) is 3.53. The number of ether oxygens (including phenoxy) is 1. The first-order valence-electron chi connectivity index (χ1n) is 11.7. The van der Waals surface area contributed by atoms with E-state index in [4.69, 9.17) is 9.84 Å². The zero-order chi connectivity index (χ0) is 23.2. The summed E-state index contributed by atoms with van der Waals surface area (Å²) >= 11 is 0. The summed E-state index contributed by atoms with van der Waals surface area (Å²) in [5.41, 5.74) is 4.07. The first kappa shape index (κ1) is 22.8. The van der Waals surface area contributed by atoms with Crippen LogP contribution in [0.4, 0.5) is 5.82 Å². The standard InChI is InChI=1S/C25H32N6O2/c1-4-33-21-9-7-20(8-10-21)16-26-25(32)12-11-22-18(2)29-31(19(22)3)24-15-23(27-17-28-24)30-13-5-6-14-30/h7-10,15,17H,4-6,11-14,16H2,1-3H3,(H,26,32). The van der Waals surface area contributed by atoms with Crippen LogP contribution in [0.5, 0.6) is 5.75 Å². The fourth-order valence-corrected chi connectivity index (χ4v) is 4.23. The van der Waals surface area contributed by atoms with Crippen molar-refractivity contribution in [2.24, 2.45) is 0 Å². The molecule has 0 unspecified atom stereocenters. The molecule has 33 heavy (non-hydrogen) atoms. The number of amides is 1. The van der Waals surface area contributed by atoms with E-state index in [1.807, 2.05) is 55.8 Å². The second kappa shape index (κ2) is 10.5. The minimum Gasteiger partial charge on any atom is -0.494 e. The number of aryl methyl sites for hydroxylation is 1. The number of aromatic nitrogens is 4. The molecule has 174 valence electrons. The first-order valence-corrected chi connectivity index (χ1v) is 11.7. The van der Waals surface area contributed by atoms with Crippen molar-refractivity contribution in [3.8, 4) is 11.6 Å². The minimum absolute atomic E-state index is 0.0220. The number of anilines is 1. The normalized spacial score (nSPS) is 13.4. The summed E-state index contributed by atoms with van der Waals surface area (Å²) in [7, 11) is 0. The molecule has 0 saturated carbocycles. The van der Waals surface area contributed by atoms with Crippen LogP contribution in [0.15, 0.2) is 36.7 Å². The van der Waals surface area contributed by atoms with Gasteiger partial charge in [-0.25, -0.2) is 14.6 Å². The summed E-state index contributed by atoms with van der Waals surface area (Å²) in [5.74, 6) is 2.57. The van der Waals surface area contributed by atoms with E-state index in [0.717, 1.165) is 53.0 Å². The van der Waals surface area contributed by atoms with Gasteiger partial charge < -0.3 is 15.0 Å². The Morgan fingerprint density at radius 1 is 1.09 bits per heavy atom. The van der Waals surface area contributed by atoms with E-state index >= 15 is 0 Å². The molecule has 1 aliphatic heterocycles. The molecular weight excluding hydrogens is 416 g/mol. The number of nitrogens with one attached hydrogen (secondary N) is 1. The Bertz CT molecular complexity index is 1090. The highest BCUT2D eigenvalue weighted by Gasteiger charge is 2.18. The van der Waals surface area contributed by atoms with Crippen molar-refractivity contribution in [3.05, 3.63) is 59.2 Å². The highest BCUT2D eigenvalue weighted by atomic mass is 16.5. The van der Waals surface area contributed by atoms with E-state index in [1.54, 1.807) is 6.33 Å². The molecule has 0 bridgehead atoms. The lowest BCUT2D eigenvalue weighted by Gasteiger charge is -2.16. The molecule has 0 atom stereocenters. The SMILES string of the molecule is CCOc1ccc(CNC(=O)CCc2c(C)nn(-c3cc(N4CCCC4)ncn3)c2C)cc1. The van der Waals surface area contributed by atoms with Gasteiger partial charge in [-0.2, -0.15) is 5.10 Å². The Morgan fingerprint density at radius 3 is 2.55 bits per heavy atom. The molecule has 1 fully saturated rings. The fraction of sp³-hybridized carbons (Fsp3) is 0.440. The van der Waals surface area contributed by atoms with E-state index < -0.39 is 0 Å². The Labute approximate surface area is 195 Å². The van der Waals surface area contributed by atoms with Crippen molar-refractivity contribution in [2.75, 3.05) is 24.6 Å². The molecule has 1 N–H and O–H groups in total. The molecule has 0 spiro atoms. The third-order valence-electron chi connectivity index (χ3n) is 6.05. The Hall–Kier alpha value is -3.42. The van der Waals surface area contributed by atoms with Gasteiger partial charge in [-0.3, -0.25) is 4.79 Å². The largest absolute Gasteiger partial charge is 0.494 e. The lowest BCUT2D eigenvalue weighted by Crippen LogP contribution is -2.23. The Kier molecular flexibility index (Phi) is 7.22. The molecular formula is C25H32N6O2. The van der Waals surface area contributed by atoms with Crippen molar-refractivity contribution >= 4 is 11.7 Å². The molecule has 3 aromatic rings. The molecule has 4 rings (SSSR count). The van der Waals surface area contributed by atoms with Crippen LogP contribution < -0.4 is 15.0 Å². The van der Waals surface area contributed by atoms with Crippen molar-refractivity contribution in [1.29, 1.82) is 0 Å². The van der Waals surface area contributed by atoms with Gasteiger partial charge in [0.2, 0.25) is 5.91 Å². The highest BCUT2D eigenvalue weighted by molar-refractivity contribution is 5.76. The van der Waals surface area contributed by atoms with E-state index in [-0.39, 0.29) is 5.91 Å². The summed E-state index contributed by atoms with van der Waals surface area (Å²) in [4.78, 5) is 23.6. The zero-order valence-electron chi connectivity index (χ0n) is 19.7. The van der Waals surface area contributed by atoms with E-state index in [9.17, 15) is 4.79 Å². The number of nitrogens with zero attached hydrogens (tertiary/aromatic N) is 5. The van der Waals surface area contributed by atoms with Crippen LogP contribution in [0.1, 0.15) is 48.7 Å². The van der Waals surface area contributed by atoms with Crippen molar-refractivity contribution in [1.82, 2.24) is 25.1 Å². The monoisotopic (exact) mass is 448 g/mol. The zero-order valence-corrected chi connectivity index (χ0v) is 19.7. The maximum Gasteiger partial charge on any atom is 0.220 e. The quantitative estimate of drug-likeness (QED) is 0.539. The number of rotatable bonds is 9. The summed E-state index contributed by atoms with van der Waals surface area (Å²) in [6.45, 7) is 9.19. The van der Waals surface area contributed by atoms with Crippen LogP contribution in [0.25, 0.3) is 5.82 Å². The summed E-state index contributed by atoms with van der Waals surface area (Å²) in [6.07, 6.45) is 5.05. The van der Waals surface area contributed by atoms with Crippen LogP contribution in [-0.4, -0.2) is 45.4 Å². The number of hydrogen-bond acceptors (Lipinski definition) is 6. The van der Waals surface area contributed by atoms with E-state index in [0.29, 0.717) is 26.0 Å². The molecule has 3 heterocycles. The second-order valence-corrected chi connectivity index (χ2v) is 8.34. The summed E-state index contributed by atoms with van der Waals surface area (Å²) < 4.78 is 7.32. The van der Waals surface area contributed by atoms with Gasteiger partial charge in [-0.15, -0.1) is 0 Å². The molecule has 1 amide bonds. The van der Waals surface area contributed by atoms with Crippen molar-refractivity contribution in [3.63, 3.8) is 0 Å². The molecule has 1 aliphatic rings. The average Bonchev–Trinajstić information content (AvgIpc) is 3.46. The summed E-state index contributed by atoms with van der Waals surface area (Å²) in [6, 6.07) is 9.80. The van der Waals surface area contributed by atoms with Crippen LogP contribution >= 0.6 is 0 Å². The number of carbonyl (C=O) groups excluding carboxylic acids is 1. The van der Waals surface area contributed by atoms with E-state index in [1.165, 1.54) is 12.8 Å². The predicted molar refractivity (Wildman–Crippen MR) is 128 cm³/mol. The lowest BCUT2D eigenvalue weighted by atomic mass is 10.1. The van der Waals surface area contributed by atoms with Gasteiger partial charge in [0.05, 0.1) is 12.3 Å². The van der Waals surface area contributed by atoms with Crippen LogP contribution in [0.2, 0.25) is 0 Å². The van der Waals surface area contributed by atoms with Gasteiger partial charge in [0, 0.05) is 37.8 Å². The fourth-order valence-electron chi connectivity index (χ4n) is 4.23. The van der Waals surface area contributed by atoms with Gasteiger partial charge in [-0.1, -0.05) is 12.1 Å². The average molecular weight is 449 g/mol. The third kappa shape index (κ3) is 5.50. The molecule has 1 saturated heterocycles. The van der Waals surface area contributed by atoms with Crippen LogP contribution in [0.3, 0.4) is 0 Å². The topological polar surface area (TPSA) is 85.2 Å². The molecule has 0 aliphatic carbocycles. The maximum absolute atomic E-state index is 12.5. The smallest absolute Gasteiger partial charge is 0.220 e. The molecule has 8 nitrogen and oxygen atoms in total. The number of benzene rings is 1. The van der Waals surface area contributed by atoms with Gasteiger partial charge in [0.25, 0.3) is 0 Å². The van der Waals surface area contributed by atoms with Crippen LogP contribution in [-0.2, 0) is 17.8 Å². The lowest BCUT2D eigenvalue weighted by molar-refractivity contribution is -0.121. The van der Waals surface area contributed by atoms with Crippen molar-refractivity contribution < 1.29 is 9.53 Å². The molecule has 0 radical (unpaired) electrons. The molecule has 2 aromatic heterocycles. The highest BCUT2D eigenvalue weighted by Crippen LogP contribution is 2.22. The van der Waals surface area contributed by atoms with E-state index in [2.05, 4.69) is 20.2 Å². The Morgan fingerprint density at radius 2 is 1.82 bits per heavy atom.